The first-order valence-corrected chi connectivity index (χ1v) is 8.50. The number of pyridine rings is 1. The zero-order valence-corrected chi connectivity index (χ0v) is 13.6. The first-order chi connectivity index (χ1) is 11.6. The molecule has 1 aliphatic rings. The van der Waals surface area contributed by atoms with Gasteiger partial charge in [-0.25, -0.2) is 4.98 Å². The number of benzene rings is 1. The molecule has 1 aliphatic heterocycles. The second-order valence-corrected chi connectivity index (χ2v) is 6.55. The third kappa shape index (κ3) is 4.09. The average Bonchev–Trinajstić information content (AvgIpc) is 2.61. The van der Waals surface area contributed by atoms with E-state index in [2.05, 4.69) is 10.3 Å². The molecule has 1 aromatic carbocycles. The highest BCUT2D eigenvalue weighted by atomic mass is 32.2. The van der Waals surface area contributed by atoms with Crippen LogP contribution in [0.3, 0.4) is 0 Å². The van der Waals surface area contributed by atoms with Crippen LogP contribution in [0.15, 0.2) is 53.7 Å². The topological polar surface area (TPSA) is 34.2 Å². The summed E-state index contributed by atoms with van der Waals surface area (Å²) in [5.74, 6) is 0. The molecule has 1 N–H and O–H groups in total. The van der Waals surface area contributed by atoms with E-state index >= 15 is 0 Å². The van der Waals surface area contributed by atoms with Gasteiger partial charge in [0.1, 0.15) is 5.03 Å². The van der Waals surface area contributed by atoms with Crippen LogP contribution in [0.2, 0.25) is 0 Å². The summed E-state index contributed by atoms with van der Waals surface area (Å²) in [7, 11) is 0. The number of nitrogens with zero attached hydrogens (tertiary/aromatic N) is 1. The van der Waals surface area contributed by atoms with Crippen molar-refractivity contribution in [2.45, 2.75) is 22.6 Å². The Bertz CT molecular complexity index is 660. The third-order valence-electron chi connectivity index (χ3n) is 3.74. The molecular formula is C17H17F3N2OS. The Balaban J connectivity index is 1.93. The van der Waals surface area contributed by atoms with Gasteiger partial charge in [-0.1, -0.05) is 42.1 Å². The van der Waals surface area contributed by atoms with E-state index in [0.29, 0.717) is 13.2 Å². The Hall–Kier alpha value is -1.57. The van der Waals surface area contributed by atoms with Crippen molar-refractivity contribution in [3.8, 4) is 0 Å². The normalized spacial score (nSPS) is 19.9. The number of hydrogen-bond donors (Lipinski definition) is 1. The van der Waals surface area contributed by atoms with E-state index in [0.717, 1.165) is 29.9 Å². The number of thioether (sulfide) groups is 1. The van der Waals surface area contributed by atoms with Gasteiger partial charge in [0.25, 0.3) is 0 Å². The van der Waals surface area contributed by atoms with Crippen LogP contribution >= 0.6 is 11.8 Å². The van der Waals surface area contributed by atoms with Crippen molar-refractivity contribution >= 4 is 11.8 Å². The molecule has 0 aliphatic carbocycles. The van der Waals surface area contributed by atoms with Crippen molar-refractivity contribution in [3.05, 3.63) is 59.8 Å². The van der Waals surface area contributed by atoms with Gasteiger partial charge in [-0.05, 0) is 17.7 Å². The summed E-state index contributed by atoms with van der Waals surface area (Å²) in [6.07, 6.45) is -3.25. The molecule has 2 heterocycles. The Kier molecular flexibility index (Phi) is 5.43. The third-order valence-corrected chi connectivity index (χ3v) is 5.12. The number of rotatable bonds is 4. The second kappa shape index (κ2) is 7.55. The number of ether oxygens (including phenoxy) is 1. The zero-order valence-electron chi connectivity index (χ0n) is 12.8. The van der Waals surface area contributed by atoms with Gasteiger partial charge in [0.2, 0.25) is 0 Å². The van der Waals surface area contributed by atoms with Crippen LogP contribution in [0, 0.1) is 0 Å². The van der Waals surface area contributed by atoms with Gasteiger partial charge in [-0.2, -0.15) is 13.2 Å². The summed E-state index contributed by atoms with van der Waals surface area (Å²) in [5, 5.41) is 2.95. The van der Waals surface area contributed by atoms with Gasteiger partial charge in [-0.15, -0.1) is 0 Å². The summed E-state index contributed by atoms with van der Waals surface area (Å²) in [6.45, 7) is 1.89. The van der Waals surface area contributed by atoms with E-state index in [1.54, 1.807) is 0 Å². The lowest BCUT2D eigenvalue weighted by Crippen LogP contribution is -2.41. The van der Waals surface area contributed by atoms with E-state index in [9.17, 15) is 13.2 Å². The fourth-order valence-electron chi connectivity index (χ4n) is 2.60. The van der Waals surface area contributed by atoms with Gasteiger partial charge in [0.15, 0.2) is 0 Å². The summed E-state index contributed by atoms with van der Waals surface area (Å²) < 4.78 is 45.5. The second-order valence-electron chi connectivity index (χ2n) is 5.42. The SMILES string of the molecule is FC(F)(F)c1cccnc1S[C@@H](c1ccccc1)[C@@H]1CNCCO1. The molecule has 128 valence electrons. The summed E-state index contributed by atoms with van der Waals surface area (Å²) in [5.41, 5.74) is 0.217. The molecule has 0 spiro atoms. The van der Waals surface area contributed by atoms with E-state index in [4.69, 9.17) is 4.74 Å². The average molecular weight is 354 g/mol. The summed E-state index contributed by atoms with van der Waals surface area (Å²) in [4.78, 5) is 3.97. The Morgan fingerprint density at radius 2 is 1.96 bits per heavy atom. The maximum atomic E-state index is 13.2. The molecule has 24 heavy (non-hydrogen) atoms. The molecule has 0 amide bonds. The molecule has 3 nitrogen and oxygen atoms in total. The molecule has 0 radical (unpaired) electrons. The van der Waals surface area contributed by atoms with Crippen molar-refractivity contribution < 1.29 is 17.9 Å². The van der Waals surface area contributed by atoms with Crippen molar-refractivity contribution in [2.24, 2.45) is 0 Å². The molecule has 1 aromatic heterocycles. The molecule has 0 saturated carbocycles. The molecule has 3 rings (SSSR count). The Labute approximate surface area is 142 Å². The van der Waals surface area contributed by atoms with Gasteiger partial charge in [0.05, 0.1) is 23.5 Å². The van der Waals surface area contributed by atoms with Crippen LogP contribution in [-0.2, 0) is 10.9 Å². The number of halogens is 3. The van der Waals surface area contributed by atoms with E-state index in [1.807, 2.05) is 30.3 Å². The number of alkyl halides is 3. The quantitative estimate of drug-likeness (QED) is 0.844. The lowest BCUT2D eigenvalue weighted by molar-refractivity contribution is -0.140. The number of nitrogens with one attached hydrogen (secondary N) is 1. The standard InChI is InChI=1S/C17H17F3N2OS/c18-17(19,20)13-7-4-8-22-16(13)24-15(12-5-2-1-3-6-12)14-11-21-9-10-23-14/h1-8,14-15,21H,9-11H2/t14-,15-/m0/s1. The van der Waals surface area contributed by atoms with Gasteiger partial charge in [0, 0.05) is 19.3 Å². The van der Waals surface area contributed by atoms with E-state index in [-0.39, 0.29) is 16.4 Å². The van der Waals surface area contributed by atoms with Crippen molar-refractivity contribution in [1.29, 1.82) is 0 Å². The molecule has 2 aromatic rings. The van der Waals surface area contributed by atoms with Gasteiger partial charge < -0.3 is 10.1 Å². The van der Waals surface area contributed by atoms with Gasteiger partial charge in [-0.3, -0.25) is 0 Å². The predicted molar refractivity (Wildman–Crippen MR) is 86.9 cm³/mol. The van der Waals surface area contributed by atoms with Gasteiger partial charge >= 0.3 is 6.18 Å². The smallest absolute Gasteiger partial charge is 0.374 e. The van der Waals surface area contributed by atoms with Crippen LogP contribution in [0.4, 0.5) is 13.2 Å². The molecule has 1 saturated heterocycles. The van der Waals surface area contributed by atoms with Crippen molar-refractivity contribution in [1.82, 2.24) is 10.3 Å². The van der Waals surface area contributed by atoms with Crippen molar-refractivity contribution in [3.63, 3.8) is 0 Å². The number of aromatic nitrogens is 1. The number of hydrogen-bond acceptors (Lipinski definition) is 4. The maximum absolute atomic E-state index is 13.2. The van der Waals surface area contributed by atoms with Crippen LogP contribution in [0.1, 0.15) is 16.4 Å². The van der Waals surface area contributed by atoms with E-state index in [1.165, 1.54) is 12.3 Å². The lowest BCUT2D eigenvalue weighted by atomic mass is 10.1. The van der Waals surface area contributed by atoms with Crippen molar-refractivity contribution in [2.75, 3.05) is 19.7 Å². The number of morpholine rings is 1. The first-order valence-electron chi connectivity index (χ1n) is 7.62. The van der Waals surface area contributed by atoms with Crippen LogP contribution in [0.25, 0.3) is 0 Å². The highest BCUT2D eigenvalue weighted by Crippen LogP contribution is 2.43. The van der Waals surface area contributed by atoms with Crippen LogP contribution < -0.4 is 5.32 Å². The Morgan fingerprint density at radius 1 is 1.17 bits per heavy atom. The monoisotopic (exact) mass is 354 g/mol. The highest BCUT2D eigenvalue weighted by Gasteiger charge is 2.36. The maximum Gasteiger partial charge on any atom is 0.419 e. The highest BCUT2D eigenvalue weighted by molar-refractivity contribution is 7.99. The van der Waals surface area contributed by atoms with Crippen LogP contribution in [0.5, 0.6) is 0 Å². The predicted octanol–water partition coefficient (Wildman–Crippen LogP) is 3.92. The molecule has 0 unspecified atom stereocenters. The molecule has 0 bridgehead atoms. The Morgan fingerprint density at radius 3 is 2.62 bits per heavy atom. The first kappa shape index (κ1) is 17.3. The summed E-state index contributed by atoms with van der Waals surface area (Å²) in [6, 6.07) is 11.8. The summed E-state index contributed by atoms with van der Waals surface area (Å²) >= 11 is 1.11. The molecule has 7 heteroatoms. The minimum absolute atomic E-state index is 0.0203. The van der Waals surface area contributed by atoms with E-state index < -0.39 is 11.7 Å². The molecule has 2 atom stereocenters. The zero-order chi connectivity index (χ0) is 17.0. The minimum atomic E-state index is -4.43. The largest absolute Gasteiger partial charge is 0.419 e. The minimum Gasteiger partial charge on any atom is -0.374 e. The molecular weight excluding hydrogens is 337 g/mol. The van der Waals surface area contributed by atoms with Crippen LogP contribution in [-0.4, -0.2) is 30.8 Å². The fourth-order valence-corrected chi connectivity index (χ4v) is 3.89. The molecule has 1 fully saturated rings. The lowest BCUT2D eigenvalue weighted by Gasteiger charge is -2.31. The fraction of sp³-hybridized carbons (Fsp3) is 0.353.